The maximum absolute atomic E-state index is 13.8. The Morgan fingerprint density at radius 2 is 1.82 bits per heavy atom. The summed E-state index contributed by atoms with van der Waals surface area (Å²) in [6.07, 6.45) is -4.73. The number of para-hydroxylation sites is 1. The topological polar surface area (TPSA) is 123 Å². The molecule has 1 aromatic carbocycles. The van der Waals surface area contributed by atoms with E-state index in [2.05, 4.69) is 16.7 Å². The van der Waals surface area contributed by atoms with Gasteiger partial charge in [-0.05, 0) is 36.3 Å². The number of hydrogen-bond donors (Lipinski definition) is 2. The standard InChI is InChI=1S/C27H32F3N5O4/c1-25(2,3)13-20(32-21(36)23(38)34-10-8-16(9-11-34)27(28,29)30)22(37)35-15-26(12-17(35)14-31)18-6-4-5-7-19(18)33-24(26)39/h4-7,16-17,20H,8-13,15H2,1-3H3,(H,32,36)(H,33,39)/t17-,20-,26-/m0/s1. The molecular formula is C27H32F3N5O4. The van der Waals surface area contributed by atoms with E-state index >= 15 is 0 Å². The first-order valence-corrected chi connectivity index (χ1v) is 12.9. The molecule has 0 aliphatic carbocycles. The van der Waals surface area contributed by atoms with E-state index in [9.17, 15) is 37.6 Å². The lowest BCUT2D eigenvalue weighted by atomic mass is 9.80. The second-order valence-corrected chi connectivity index (χ2v) is 11.8. The van der Waals surface area contributed by atoms with Gasteiger partial charge in [-0.15, -0.1) is 0 Å². The van der Waals surface area contributed by atoms with Crippen molar-refractivity contribution in [3.05, 3.63) is 29.8 Å². The van der Waals surface area contributed by atoms with Crippen molar-refractivity contribution in [2.24, 2.45) is 11.3 Å². The molecule has 210 valence electrons. The molecule has 2 fully saturated rings. The number of benzene rings is 1. The summed E-state index contributed by atoms with van der Waals surface area (Å²) < 4.78 is 39.0. The summed E-state index contributed by atoms with van der Waals surface area (Å²) in [7, 11) is 0. The number of fused-ring (bicyclic) bond motifs is 2. The Morgan fingerprint density at radius 3 is 2.41 bits per heavy atom. The van der Waals surface area contributed by atoms with E-state index in [0.29, 0.717) is 11.3 Å². The zero-order chi connectivity index (χ0) is 28.8. The maximum atomic E-state index is 13.8. The Morgan fingerprint density at radius 1 is 1.18 bits per heavy atom. The molecule has 1 spiro atoms. The lowest BCUT2D eigenvalue weighted by molar-refractivity contribution is -0.186. The molecule has 9 nitrogen and oxygen atoms in total. The molecule has 0 radical (unpaired) electrons. The number of halogens is 3. The van der Waals surface area contributed by atoms with E-state index in [0.717, 1.165) is 4.90 Å². The van der Waals surface area contributed by atoms with E-state index in [1.165, 1.54) is 4.90 Å². The van der Waals surface area contributed by atoms with Crippen LogP contribution in [0, 0.1) is 22.7 Å². The second-order valence-electron chi connectivity index (χ2n) is 11.8. The summed E-state index contributed by atoms with van der Waals surface area (Å²) >= 11 is 0. The van der Waals surface area contributed by atoms with Gasteiger partial charge < -0.3 is 20.4 Å². The van der Waals surface area contributed by atoms with Crippen LogP contribution in [0.4, 0.5) is 18.9 Å². The van der Waals surface area contributed by atoms with E-state index < -0.39 is 52.7 Å². The number of carbonyl (C=O) groups is 4. The van der Waals surface area contributed by atoms with Crippen LogP contribution >= 0.6 is 0 Å². The molecule has 0 saturated carbocycles. The van der Waals surface area contributed by atoms with Crippen LogP contribution in [0.15, 0.2) is 24.3 Å². The molecule has 39 heavy (non-hydrogen) atoms. The number of carbonyl (C=O) groups excluding carboxylic acids is 4. The number of alkyl halides is 3. The minimum Gasteiger partial charge on any atom is -0.336 e. The highest BCUT2D eigenvalue weighted by Gasteiger charge is 2.56. The zero-order valence-corrected chi connectivity index (χ0v) is 22.1. The van der Waals surface area contributed by atoms with Crippen LogP contribution in [0.25, 0.3) is 0 Å². The summed E-state index contributed by atoms with van der Waals surface area (Å²) in [5, 5.41) is 15.2. The molecule has 0 bridgehead atoms. The fraction of sp³-hybridized carbons (Fsp3) is 0.593. The van der Waals surface area contributed by atoms with Crippen molar-refractivity contribution in [2.45, 2.75) is 70.1 Å². The van der Waals surface area contributed by atoms with E-state index in [-0.39, 0.29) is 51.2 Å². The van der Waals surface area contributed by atoms with Gasteiger partial charge in [0.15, 0.2) is 0 Å². The molecule has 4 rings (SSSR count). The molecule has 4 amide bonds. The first kappa shape index (κ1) is 28.4. The van der Waals surface area contributed by atoms with Crippen molar-refractivity contribution < 1.29 is 32.3 Å². The molecule has 3 aliphatic heterocycles. The summed E-state index contributed by atoms with van der Waals surface area (Å²) in [6, 6.07) is 7.07. The number of nitriles is 1. The Hall–Kier alpha value is -3.62. The highest BCUT2D eigenvalue weighted by atomic mass is 19.4. The summed E-state index contributed by atoms with van der Waals surface area (Å²) in [5.41, 5.74) is -0.271. The minimum atomic E-state index is -4.36. The average molecular weight is 548 g/mol. The van der Waals surface area contributed by atoms with Gasteiger partial charge in [-0.1, -0.05) is 39.0 Å². The zero-order valence-electron chi connectivity index (χ0n) is 22.1. The molecular weight excluding hydrogens is 515 g/mol. The molecule has 12 heteroatoms. The number of piperidine rings is 1. The highest BCUT2D eigenvalue weighted by Crippen LogP contribution is 2.46. The predicted molar refractivity (Wildman–Crippen MR) is 134 cm³/mol. The summed E-state index contributed by atoms with van der Waals surface area (Å²) in [5.74, 6) is -4.52. The van der Waals surface area contributed by atoms with Gasteiger partial charge >= 0.3 is 18.0 Å². The molecule has 3 aliphatic rings. The van der Waals surface area contributed by atoms with Gasteiger partial charge in [-0.3, -0.25) is 19.2 Å². The number of anilines is 1. The van der Waals surface area contributed by atoms with Crippen LogP contribution in [-0.2, 0) is 24.6 Å². The van der Waals surface area contributed by atoms with Crippen molar-refractivity contribution in [3.63, 3.8) is 0 Å². The number of rotatable bonds is 3. The third-order valence-corrected chi connectivity index (χ3v) is 7.78. The Bertz CT molecular complexity index is 1210. The van der Waals surface area contributed by atoms with Crippen LogP contribution in [-0.4, -0.2) is 71.3 Å². The fourth-order valence-electron chi connectivity index (χ4n) is 5.77. The van der Waals surface area contributed by atoms with Crippen LogP contribution in [0.1, 0.15) is 52.0 Å². The van der Waals surface area contributed by atoms with Crippen LogP contribution < -0.4 is 10.6 Å². The monoisotopic (exact) mass is 547 g/mol. The Labute approximate surface area is 224 Å². The predicted octanol–water partition coefficient (Wildman–Crippen LogP) is 2.72. The highest BCUT2D eigenvalue weighted by molar-refractivity contribution is 6.35. The Kier molecular flexibility index (Phi) is 7.40. The van der Waals surface area contributed by atoms with Crippen molar-refractivity contribution in [1.82, 2.24) is 15.1 Å². The largest absolute Gasteiger partial charge is 0.391 e. The number of nitrogens with zero attached hydrogens (tertiary/aromatic N) is 3. The maximum Gasteiger partial charge on any atom is 0.391 e. The van der Waals surface area contributed by atoms with Gasteiger partial charge in [0, 0.05) is 31.7 Å². The molecule has 1 aromatic rings. The molecule has 3 heterocycles. The van der Waals surface area contributed by atoms with Crippen LogP contribution in [0.2, 0.25) is 0 Å². The quantitative estimate of drug-likeness (QED) is 0.564. The number of hydrogen-bond acceptors (Lipinski definition) is 5. The van der Waals surface area contributed by atoms with E-state index in [1.807, 2.05) is 20.8 Å². The van der Waals surface area contributed by atoms with Gasteiger partial charge in [0.1, 0.15) is 12.1 Å². The smallest absolute Gasteiger partial charge is 0.336 e. The van der Waals surface area contributed by atoms with Crippen LogP contribution in [0.5, 0.6) is 0 Å². The third kappa shape index (κ3) is 5.58. The SMILES string of the molecule is CC(C)(C)C[C@H](NC(=O)C(=O)N1CCC(C(F)(F)F)CC1)C(=O)N1C[C@]2(C[C@H]1C#N)C(=O)Nc1ccccc12. The number of likely N-dealkylation sites (tertiary alicyclic amines) is 2. The average Bonchev–Trinajstić information content (AvgIpc) is 3.39. The summed E-state index contributed by atoms with van der Waals surface area (Å²) in [6.45, 7) is 5.04. The number of amides is 4. The second kappa shape index (κ2) is 10.2. The van der Waals surface area contributed by atoms with Crippen molar-refractivity contribution in [3.8, 4) is 6.07 Å². The first-order valence-electron chi connectivity index (χ1n) is 12.9. The van der Waals surface area contributed by atoms with E-state index in [4.69, 9.17) is 0 Å². The molecule has 3 atom stereocenters. The normalized spacial score (nSPS) is 24.2. The fourth-order valence-corrected chi connectivity index (χ4v) is 5.77. The minimum absolute atomic E-state index is 0.0671. The van der Waals surface area contributed by atoms with E-state index in [1.54, 1.807) is 24.3 Å². The Balaban J connectivity index is 1.52. The van der Waals surface area contributed by atoms with Gasteiger partial charge in [-0.2, -0.15) is 18.4 Å². The summed E-state index contributed by atoms with van der Waals surface area (Å²) in [4.78, 5) is 55.0. The molecule has 0 aromatic heterocycles. The van der Waals surface area contributed by atoms with Crippen molar-refractivity contribution in [1.29, 1.82) is 5.26 Å². The van der Waals surface area contributed by atoms with Crippen molar-refractivity contribution in [2.75, 3.05) is 25.0 Å². The van der Waals surface area contributed by atoms with Gasteiger partial charge in [-0.25, -0.2) is 0 Å². The molecule has 2 saturated heterocycles. The van der Waals surface area contributed by atoms with Crippen LogP contribution in [0.3, 0.4) is 0 Å². The third-order valence-electron chi connectivity index (χ3n) is 7.78. The van der Waals surface area contributed by atoms with Gasteiger partial charge in [0.05, 0.1) is 17.4 Å². The first-order chi connectivity index (χ1) is 18.2. The molecule has 2 N–H and O–H groups in total. The molecule has 0 unspecified atom stereocenters. The lowest BCUT2D eigenvalue weighted by Crippen LogP contribution is -2.55. The lowest BCUT2D eigenvalue weighted by Gasteiger charge is -2.34. The number of nitrogens with one attached hydrogen (secondary N) is 2. The van der Waals surface area contributed by atoms with Gasteiger partial charge in [0.2, 0.25) is 11.8 Å². The van der Waals surface area contributed by atoms with Crippen molar-refractivity contribution >= 4 is 29.3 Å². The van der Waals surface area contributed by atoms with Gasteiger partial charge in [0.25, 0.3) is 0 Å².